The number of sulfonamides is 1. The molecule has 21 heavy (non-hydrogen) atoms. The molecule has 0 rings (SSSR count). The van der Waals surface area contributed by atoms with Crippen molar-refractivity contribution in [1.82, 2.24) is 4.72 Å². The first kappa shape index (κ1) is 19.7. The van der Waals surface area contributed by atoms with Crippen LogP contribution in [0.3, 0.4) is 0 Å². The van der Waals surface area contributed by atoms with E-state index in [-0.39, 0.29) is 0 Å². The summed E-state index contributed by atoms with van der Waals surface area (Å²) in [6.45, 7) is 0. The van der Waals surface area contributed by atoms with Crippen molar-refractivity contribution in [2.45, 2.75) is 23.5 Å². The number of hydrogen-bond donors (Lipinski definition) is 1. The molecule has 0 bridgehead atoms. The van der Waals surface area contributed by atoms with Crippen molar-refractivity contribution in [1.29, 1.82) is 0 Å². The zero-order valence-corrected chi connectivity index (χ0v) is 9.64. The predicted octanol–water partition coefficient (Wildman–Crippen LogP) is 1.72. The molecule has 0 aromatic heterocycles. The number of hydrogen-bond acceptors (Lipinski definition) is 4. The Morgan fingerprint density at radius 3 is 1.48 bits per heavy atom. The first-order valence-electron chi connectivity index (χ1n) is 4.00. The van der Waals surface area contributed by atoms with Crippen molar-refractivity contribution in [3.63, 3.8) is 0 Å². The minimum atomic E-state index is -7.21. The van der Waals surface area contributed by atoms with Gasteiger partial charge in [0, 0.05) is 0 Å². The fourth-order valence-corrected chi connectivity index (χ4v) is 1.42. The molecule has 0 saturated heterocycles. The molecule has 0 aromatic carbocycles. The third kappa shape index (κ3) is 3.30. The van der Waals surface area contributed by atoms with Crippen molar-refractivity contribution in [2.75, 3.05) is 0 Å². The molecule has 5 nitrogen and oxygen atoms in total. The fourth-order valence-electron chi connectivity index (χ4n) is 0.612. The Kier molecular flexibility index (Phi) is 4.82. The summed E-state index contributed by atoms with van der Waals surface area (Å²) in [6.07, 6.45) is -13.5. The van der Waals surface area contributed by atoms with E-state index in [1.165, 1.54) is 4.94 Å². The lowest BCUT2D eigenvalue weighted by Gasteiger charge is -2.24. The molecule has 0 aliphatic rings. The highest BCUT2D eigenvalue weighted by molar-refractivity contribution is 7.91. The topological polar surface area (TPSA) is 72.5 Å². The van der Waals surface area contributed by atoms with Gasteiger partial charge in [-0.05, 0) is 4.53 Å². The molecule has 0 radical (unpaired) electrons. The number of amides is 1. The van der Waals surface area contributed by atoms with Gasteiger partial charge < -0.3 is 0 Å². The van der Waals surface area contributed by atoms with E-state index in [9.17, 15) is 57.3 Å². The Morgan fingerprint density at radius 1 is 0.857 bits per heavy atom. The Labute approximate surface area is 107 Å². The summed E-state index contributed by atoms with van der Waals surface area (Å²) in [5.74, 6) is -9.90. The van der Waals surface area contributed by atoms with Gasteiger partial charge in [0.15, 0.2) is 0 Å². The van der Waals surface area contributed by atoms with Crippen molar-refractivity contribution < 1.29 is 62.2 Å². The first-order valence-corrected chi connectivity index (χ1v) is 5.49. The van der Waals surface area contributed by atoms with Gasteiger partial charge in [0.05, 0.1) is 0 Å². The molecule has 0 aliphatic carbocycles. The van der Waals surface area contributed by atoms with Crippen molar-refractivity contribution in [2.24, 2.45) is 0 Å². The standard InChI is InChI=1S/C5HF10NO4S/c6-2(20-15,3(7,8)9)1(17)16-21(18,19)5(13,14)4(10,11)12/h(H,16,17). The molecule has 0 aliphatic heterocycles. The zero-order valence-electron chi connectivity index (χ0n) is 8.82. The van der Waals surface area contributed by atoms with Crippen molar-refractivity contribution >= 4 is 15.9 Å². The Balaban J connectivity index is 5.64. The van der Waals surface area contributed by atoms with Crippen LogP contribution in [0.4, 0.5) is 44.0 Å². The minimum Gasteiger partial charge on any atom is -0.267 e. The number of halogens is 10. The molecule has 0 spiro atoms. The molecular weight excluding hydrogens is 360 g/mol. The van der Waals surface area contributed by atoms with Gasteiger partial charge in [0.1, 0.15) is 0 Å². The highest BCUT2D eigenvalue weighted by atomic mass is 32.2. The number of rotatable bonds is 4. The highest BCUT2D eigenvalue weighted by Crippen LogP contribution is 2.40. The van der Waals surface area contributed by atoms with Crippen LogP contribution in [0.25, 0.3) is 0 Å². The molecule has 16 heteroatoms. The monoisotopic (exact) mass is 361 g/mol. The van der Waals surface area contributed by atoms with E-state index >= 15 is 0 Å². The zero-order chi connectivity index (χ0) is 17.5. The van der Waals surface area contributed by atoms with Gasteiger partial charge in [-0.2, -0.15) is 47.9 Å². The van der Waals surface area contributed by atoms with E-state index in [1.807, 2.05) is 0 Å². The molecule has 1 N–H and O–H groups in total. The second-order valence-corrected chi connectivity index (χ2v) is 4.84. The second-order valence-electron chi connectivity index (χ2n) is 3.12. The smallest absolute Gasteiger partial charge is 0.267 e. The fraction of sp³-hybridized carbons (Fsp3) is 0.800. The summed E-state index contributed by atoms with van der Waals surface area (Å²) in [5.41, 5.74) is 0. The summed E-state index contributed by atoms with van der Waals surface area (Å²) >= 11 is 0. The maximum Gasteiger partial charge on any atom is 0.471 e. The first-order chi connectivity index (χ1) is 8.94. The summed E-state index contributed by atoms with van der Waals surface area (Å²) in [6, 6.07) is 0. The lowest BCUT2D eigenvalue weighted by molar-refractivity contribution is -0.380. The molecular formula is C5HF10NO4S. The van der Waals surface area contributed by atoms with Crippen LogP contribution in [0.2, 0.25) is 0 Å². The Hall–Kier alpha value is -1.32. The van der Waals surface area contributed by atoms with E-state index in [4.69, 9.17) is 0 Å². The van der Waals surface area contributed by atoms with Crippen LogP contribution >= 0.6 is 0 Å². The molecule has 1 atom stereocenters. The third-order valence-electron chi connectivity index (χ3n) is 1.66. The molecule has 0 heterocycles. The molecule has 1 amide bonds. The summed E-state index contributed by atoms with van der Waals surface area (Å²) < 4.78 is 140. The van der Waals surface area contributed by atoms with Crippen LogP contribution in [0.5, 0.6) is 0 Å². The average molecular weight is 361 g/mol. The van der Waals surface area contributed by atoms with Gasteiger partial charge in [-0.3, -0.25) is 4.79 Å². The van der Waals surface area contributed by atoms with Crippen LogP contribution in [-0.4, -0.2) is 37.8 Å². The van der Waals surface area contributed by atoms with E-state index in [2.05, 4.69) is 0 Å². The Bertz CT molecular complexity index is 509. The third-order valence-corrected chi connectivity index (χ3v) is 3.02. The van der Waals surface area contributed by atoms with E-state index in [1.54, 1.807) is 0 Å². The van der Waals surface area contributed by atoms with Crippen LogP contribution in [0, 0.1) is 0 Å². The summed E-state index contributed by atoms with van der Waals surface area (Å²) in [5, 5.41) is -6.77. The number of carbonyl (C=O) groups excluding carboxylic acids is 1. The number of alkyl halides is 9. The largest absolute Gasteiger partial charge is 0.471 e. The van der Waals surface area contributed by atoms with Gasteiger partial charge >= 0.3 is 39.4 Å². The van der Waals surface area contributed by atoms with Gasteiger partial charge in [0.25, 0.3) is 0 Å². The second kappa shape index (κ2) is 5.15. The molecule has 0 saturated carbocycles. The maximum atomic E-state index is 12.7. The van der Waals surface area contributed by atoms with Crippen LogP contribution in [0.1, 0.15) is 0 Å². The summed E-state index contributed by atoms with van der Waals surface area (Å²) in [7, 11) is -7.21. The van der Waals surface area contributed by atoms with Crippen molar-refractivity contribution in [3.8, 4) is 0 Å². The van der Waals surface area contributed by atoms with Gasteiger partial charge in [-0.25, -0.2) is 4.72 Å². The van der Waals surface area contributed by atoms with Crippen LogP contribution in [-0.2, 0) is 19.8 Å². The lowest BCUT2D eigenvalue weighted by Crippen LogP contribution is -2.59. The van der Waals surface area contributed by atoms with E-state index in [0.717, 1.165) is 0 Å². The SMILES string of the molecule is O=C(NS(=O)(=O)C(F)(F)C(F)(F)F)C(F)(OF)C(F)(F)F. The van der Waals surface area contributed by atoms with Crippen LogP contribution in [0.15, 0.2) is 0 Å². The van der Waals surface area contributed by atoms with Crippen LogP contribution < -0.4 is 4.72 Å². The predicted molar refractivity (Wildman–Crippen MR) is 40.2 cm³/mol. The van der Waals surface area contributed by atoms with Gasteiger partial charge in [0.2, 0.25) is 0 Å². The molecule has 126 valence electrons. The molecule has 1 unspecified atom stereocenters. The van der Waals surface area contributed by atoms with E-state index in [0.29, 0.717) is 0 Å². The van der Waals surface area contributed by atoms with E-state index < -0.39 is 44.1 Å². The molecule has 0 fully saturated rings. The van der Waals surface area contributed by atoms with Crippen molar-refractivity contribution in [3.05, 3.63) is 0 Å². The Morgan fingerprint density at radius 2 is 1.24 bits per heavy atom. The normalized spacial score (nSPS) is 17.2. The number of carbonyl (C=O) groups is 1. The number of nitrogens with one attached hydrogen (secondary N) is 1. The average Bonchev–Trinajstić information content (AvgIpc) is 2.23. The minimum absolute atomic E-state index is 0.596. The maximum absolute atomic E-state index is 12.7. The van der Waals surface area contributed by atoms with Gasteiger partial charge in [-0.1, -0.05) is 0 Å². The summed E-state index contributed by atoms with van der Waals surface area (Å²) in [4.78, 5) is 12.0. The van der Waals surface area contributed by atoms with Gasteiger partial charge in [-0.15, -0.1) is 4.94 Å². The molecule has 0 aromatic rings. The highest BCUT2D eigenvalue weighted by Gasteiger charge is 2.71. The quantitative estimate of drug-likeness (QED) is 0.774. The lowest BCUT2D eigenvalue weighted by atomic mass is 10.3.